The van der Waals surface area contributed by atoms with E-state index in [-0.39, 0.29) is 35.9 Å². The van der Waals surface area contributed by atoms with Crippen LogP contribution in [0.5, 0.6) is 0 Å². The Kier molecular flexibility index (Phi) is 10.6. The third kappa shape index (κ3) is 7.11. The summed E-state index contributed by atoms with van der Waals surface area (Å²) in [4.78, 5) is 18.4. The number of hydrogen-bond acceptors (Lipinski definition) is 3. The lowest BCUT2D eigenvalue weighted by molar-refractivity contribution is -0.129. The molecule has 0 aromatic heterocycles. The van der Waals surface area contributed by atoms with E-state index in [2.05, 4.69) is 40.7 Å². The van der Waals surface area contributed by atoms with Gasteiger partial charge in [0.05, 0.1) is 13.2 Å². The molecule has 0 radical (unpaired) electrons. The minimum absolute atomic E-state index is 0. The van der Waals surface area contributed by atoms with Gasteiger partial charge < -0.3 is 20.3 Å². The summed E-state index contributed by atoms with van der Waals surface area (Å²) in [5.74, 6) is 1.02. The minimum atomic E-state index is 0. The van der Waals surface area contributed by atoms with E-state index in [1.165, 1.54) is 0 Å². The second kappa shape index (κ2) is 12.1. The van der Waals surface area contributed by atoms with Crippen molar-refractivity contribution in [2.24, 2.45) is 4.99 Å². The van der Waals surface area contributed by atoms with Gasteiger partial charge in [-0.15, -0.1) is 24.0 Å². The van der Waals surface area contributed by atoms with Crippen molar-refractivity contribution in [1.82, 2.24) is 15.5 Å². The normalized spacial score (nSPS) is 17.0. The lowest BCUT2D eigenvalue weighted by Gasteiger charge is -2.18. The predicted octanol–water partition coefficient (Wildman–Crippen LogP) is 2.52. The lowest BCUT2D eigenvalue weighted by atomic mass is 10.1. The van der Waals surface area contributed by atoms with Crippen molar-refractivity contribution in [3.05, 3.63) is 35.4 Å². The molecule has 7 heteroatoms. The zero-order valence-electron chi connectivity index (χ0n) is 16.0. The number of amides is 1. The van der Waals surface area contributed by atoms with E-state index in [4.69, 9.17) is 4.74 Å². The zero-order valence-corrected chi connectivity index (χ0v) is 18.3. The Bertz CT molecular complexity index is 595. The first-order valence-electron chi connectivity index (χ1n) is 9.05. The highest BCUT2D eigenvalue weighted by Crippen LogP contribution is 2.11. The lowest BCUT2D eigenvalue weighted by Crippen LogP contribution is -2.45. The van der Waals surface area contributed by atoms with Crippen molar-refractivity contribution in [2.45, 2.75) is 45.9 Å². The highest BCUT2D eigenvalue weighted by Gasteiger charge is 2.25. The summed E-state index contributed by atoms with van der Waals surface area (Å²) in [6.07, 6.45) is 1.53. The summed E-state index contributed by atoms with van der Waals surface area (Å²) in [5.41, 5.74) is 2.30. The number of hydrogen-bond donors (Lipinski definition) is 2. The smallest absolute Gasteiger partial charge is 0.222 e. The van der Waals surface area contributed by atoms with Crippen molar-refractivity contribution in [3.8, 4) is 0 Å². The van der Waals surface area contributed by atoms with Crippen LogP contribution in [0, 0.1) is 0 Å². The van der Waals surface area contributed by atoms with Gasteiger partial charge in [-0.3, -0.25) is 4.79 Å². The molecule has 1 fully saturated rings. The number of carbonyl (C=O) groups is 1. The van der Waals surface area contributed by atoms with Gasteiger partial charge in [-0.2, -0.15) is 0 Å². The molecule has 1 heterocycles. The number of nitrogens with zero attached hydrogens (tertiary/aromatic N) is 2. The Morgan fingerprint density at radius 3 is 2.81 bits per heavy atom. The second-order valence-electron chi connectivity index (χ2n) is 6.27. The van der Waals surface area contributed by atoms with Crippen molar-refractivity contribution in [1.29, 1.82) is 0 Å². The highest BCUT2D eigenvalue weighted by atomic mass is 127. The maximum Gasteiger partial charge on any atom is 0.222 e. The third-order valence-electron chi connectivity index (χ3n) is 4.25. The van der Waals surface area contributed by atoms with Crippen molar-refractivity contribution in [2.75, 3.05) is 26.7 Å². The molecule has 1 unspecified atom stereocenters. The average molecular weight is 474 g/mol. The van der Waals surface area contributed by atoms with Crippen LogP contribution < -0.4 is 10.6 Å². The fourth-order valence-electron chi connectivity index (χ4n) is 3.00. The molecule has 0 saturated carbocycles. The van der Waals surface area contributed by atoms with Crippen LogP contribution in [0.1, 0.15) is 37.8 Å². The van der Waals surface area contributed by atoms with Crippen LogP contribution in [0.25, 0.3) is 0 Å². The molecule has 1 saturated heterocycles. The van der Waals surface area contributed by atoms with Gasteiger partial charge in [0, 0.05) is 39.2 Å². The molecule has 0 spiro atoms. The number of methoxy groups -OCH3 is 1. The number of carbonyl (C=O) groups excluding carboxylic acids is 1. The van der Waals surface area contributed by atoms with Crippen molar-refractivity contribution >= 4 is 35.8 Å². The monoisotopic (exact) mass is 474 g/mol. The van der Waals surface area contributed by atoms with Crippen molar-refractivity contribution < 1.29 is 9.53 Å². The summed E-state index contributed by atoms with van der Waals surface area (Å²) >= 11 is 0. The SMILES string of the molecule is CCNC(=NCc1cccc(COC)c1)NC1CCN(C(=O)CC)C1.I. The number of ether oxygens (including phenoxy) is 1. The second-order valence-corrected chi connectivity index (χ2v) is 6.27. The number of rotatable bonds is 7. The number of benzene rings is 1. The molecule has 0 bridgehead atoms. The quantitative estimate of drug-likeness (QED) is 0.362. The Labute approximate surface area is 173 Å². The van der Waals surface area contributed by atoms with E-state index in [9.17, 15) is 4.79 Å². The largest absolute Gasteiger partial charge is 0.380 e. The van der Waals surface area contributed by atoms with E-state index >= 15 is 0 Å². The fraction of sp³-hybridized carbons (Fsp3) is 0.579. The molecule has 2 rings (SSSR count). The van der Waals surface area contributed by atoms with Gasteiger partial charge in [-0.1, -0.05) is 31.2 Å². The molecule has 2 N–H and O–H groups in total. The Hall–Kier alpha value is -1.35. The van der Waals surface area contributed by atoms with Crippen LogP contribution in [0.4, 0.5) is 0 Å². The molecule has 1 atom stereocenters. The number of halogens is 1. The standard InChI is InChI=1S/C19H30N4O2.HI/c1-4-18(24)23-10-9-17(13-23)22-19(20-5-2)21-12-15-7-6-8-16(11-15)14-25-3;/h6-8,11,17H,4-5,9-10,12-14H2,1-3H3,(H2,20,21,22);1H. The van der Waals surface area contributed by atoms with Gasteiger partial charge in [-0.05, 0) is 24.5 Å². The van der Waals surface area contributed by atoms with Gasteiger partial charge in [-0.25, -0.2) is 4.99 Å². The van der Waals surface area contributed by atoms with Crippen LogP contribution in [0.3, 0.4) is 0 Å². The fourth-order valence-corrected chi connectivity index (χ4v) is 3.00. The van der Waals surface area contributed by atoms with Crippen LogP contribution in [0.2, 0.25) is 0 Å². The Balaban J connectivity index is 0.00000338. The average Bonchev–Trinajstić information content (AvgIpc) is 3.08. The molecule has 0 aliphatic carbocycles. The molecule has 1 aliphatic heterocycles. The van der Waals surface area contributed by atoms with E-state index in [0.717, 1.165) is 43.1 Å². The first-order chi connectivity index (χ1) is 12.2. The molecular weight excluding hydrogens is 443 g/mol. The van der Waals surface area contributed by atoms with Crippen LogP contribution in [-0.2, 0) is 22.7 Å². The molecule has 1 amide bonds. The summed E-state index contributed by atoms with van der Waals surface area (Å²) in [5, 5.41) is 6.74. The number of aliphatic imine (C=N–C) groups is 1. The molecule has 6 nitrogen and oxygen atoms in total. The van der Waals surface area contributed by atoms with E-state index in [0.29, 0.717) is 19.6 Å². The molecular formula is C19H31IN4O2. The first kappa shape index (κ1) is 22.7. The van der Waals surface area contributed by atoms with Crippen LogP contribution in [-0.4, -0.2) is 49.6 Å². The van der Waals surface area contributed by atoms with Gasteiger partial charge in [0.15, 0.2) is 5.96 Å². The van der Waals surface area contributed by atoms with Gasteiger partial charge in [0.1, 0.15) is 0 Å². The number of nitrogens with one attached hydrogen (secondary N) is 2. The van der Waals surface area contributed by atoms with Crippen LogP contribution in [0.15, 0.2) is 29.3 Å². The third-order valence-corrected chi connectivity index (χ3v) is 4.25. The predicted molar refractivity (Wildman–Crippen MR) is 116 cm³/mol. The van der Waals surface area contributed by atoms with Gasteiger partial charge in [0.2, 0.25) is 5.91 Å². The van der Waals surface area contributed by atoms with E-state index in [1.807, 2.05) is 17.9 Å². The Morgan fingerprint density at radius 2 is 2.12 bits per heavy atom. The Morgan fingerprint density at radius 1 is 1.35 bits per heavy atom. The summed E-state index contributed by atoms with van der Waals surface area (Å²) in [6.45, 7) is 7.56. The van der Waals surface area contributed by atoms with Gasteiger partial charge >= 0.3 is 0 Å². The molecule has 26 heavy (non-hydrogen) atoms. The summed E-state index contributed by atoms with van der Waals surface area (Å²) < 4.78 is 5.18. The zero-order chi connectivity index (χ0) is 18.1. The van der Waals surface area contributed by atoms with Crippen molar-refractivity contribution in [3.63, 3.8) is 0 Å². The topological polar surface area (TPSA) is 66.0 Å². The maximum absolute atomic E-state index is 11.8. The maximum atomic E-state index is 11.8. The minimum Gasteiger partial charge on any atom is -0.380 e. The van der Waals surface area contributed by atoms with Gasteiger partial charge in [0.25, 0.3) is 0 Å². The summed E-state index contributed by atoms with van der Waals surface area (Å²) in [7, 11) is 1.70. The number of likely N-dealkylation sites (tertiary alicyclic amines) is 1. The van der Waals surface area contributed by atoms with Crippen LogP contribution >= 0.6 is 24.0 Å². The molecule has 146 valence electrons. The summed E-state index contributed by atoms with van der Waals surface area (Å²) in [6, 6.07) is 8.54. The molecule has 1 aliphatic rings. The van der Waals surface area contributed by atoms with E-state index < -0.39 is 0 Å². The van der Waals surface area contributed by atoms with E-state index in [1.54, 1.807) is 7.11 Å². The number of guanidine groups is 1. The first-order valence-corrected chi connectivity index (χ1v) is 9.05. The molecule has 1 aromatic carbocycles. The highest BCUT2D eigenvalue weighted by molar-refractivity contribution is 14.0. The molecule has 1 aromatic rings.